The van der Waals surface area contributed by atoms with Gasteiger partial charge < -0.3 is 15.0 Å². The number of rotatable bonds is 6. The number of nitrogens with zero attached hydrogens (tertiary/aromatic N) is 2. The number of likely N-dealkylation sites (N-methyl/N-ethyl adjacent to an activating group) is 2. The highest BCUT2D eigenvalue weighted by atomic mass is 79.9. The van der Waals surface area contributed by atoms with Gasteiger partial charge in [0, 0.05) is 17.6 Å². The number of para-hydroxylation sites is 2. The van der Waals surface area contributed by atoms with Gasteiger partial charge in [-0.1, -0.05) is 18.2 Å². The van der Waals surface area contributed by atoms with Crippen LogP contribution >= 0.6 is 15.9 Å². The second kappa shape index (κ2) is 8.76. The molecule has 0 fully saturated rings. The van der Waals surface area contributed by atoms with Gasteiger partial charge in [0.25, 0.3) is 0 Å². The Kier molecular flexibility index (Phi) is 6.39. The van der Waals surface area contributed by atoms with Crippen molar-refractivity contribution in [1.82, 2.24) is 4.90 Å². The number of anilines is 2. The van der Waals surface area contributed by atoms with Crippen LogP contribution < -0.4 is 15.0 Å². The maximum absolute atomic E-state index is 12.4. The van der Waals surface area contributed by atoms with Gasteiger partial charge in [0.1, 0.15) is 11.9 Å². The van der Waals surface area contributed by atoms with Crippen molar-refractivity contribution in [1.29, 1.82) is 0 Å². The van der Waals surface area contributed by atoms with Crippen LogP contribution in [0.25, 0.3) is 0 Å². The lowest BCUT2D eigenvalue weighted by Gasteiger charge is -2.37. The summed E-state index contributed by atoms with van der Waals surface area (Å²) in [6, 6.07) is 14.0. The fourth-order valence-corrected chi connectivity index (χ4v) is 3.93. The topological polar surface area (TPSA) is 44.8 Å². The highest BCUT2D eigenvalue weighted by molar-refractivity contribution is 9.10. The summed E-state index contributed by atoms with van der Waals surface area (Å²) in [7, 11) is 1.95. The molecule has 2 aromatic carbocycles. The first-order valence-corrected chi connectivity index (χ1v) is 10.0. The van der Waals surface area contributed by atoms with Crippen molar-refractivity contribution in [2.45, 2.75) is 20.0 Å². The second-order valence-electron chi connectivity index (χ2n) is 6.97. The van der Waals surface area contributed by atoms with Crippen molar-refractivity contribution in [3.63, 3.8) is 0 Å². The van der Waals surface area contributed by atoms with Crippen LogP contribution in [-0.4, -0.2) is 50.1 Å². The van der Waals surface area contributed by atoms with Gasteiger partial charge in [0.15, 0.2) is 0 Å². The van der Waals surface area contributed by atoms with Crippen molar-refractivity contribution >= 4 is 33.2 Å². The van der Waals surface area contributed by atoms with E-state index in [-0.39, 0.29) is 12.0 Å². The van der Waals surface area contributed by atoms with E-state index in [4.69, 9.17) is 4.74 Å². The lowest BCUT2D eigenvalue weighted by Crippen LogP contribution is -2.46. The molecule has 0 bridgehead atoms. The van der Waals surface area contributed by atoms with Crippen LogP contribution in [0.4, 0.5) is 11.4 Å². The number of benzene rings is 2. The predicted molar refractivity (Wildman–Crippen MR) is 114 cm³/mol. The van der Waals surface area contributed by atoms with Crippen LogP contribution in [0.5, 0.6) is 5.75 Å². The summed E-state index contributed by atoms with van der Waals surface area (Å²) in [4.78, 5) is 16.7. The van der Waals surface area contributed by atoms with E-state index < -0.39 is 0 Å². The van der Waals surface area contributed by atoms with Crippen LogP contribution in [-0.2, 0) is 4.79 Å². The van der Waals surface area contributed by atoms with E-state index in [0.29, 0.717) is 13.1 Å². The average Bonchev–Trinajstić information content (AvgIpc) is 2.63. The number of aryl methyl sites for hydroxylation is 1. The molecule has 27 heavy (non-hydrogen) atoms. The smallest absolute Gasteiger partial charge is 0.238 e. The van der Waals surface area contributed by atoms with Gasteiger partial charge in [-0.05, 0) is 66.7 Å². The Bertz CT molecular complexity index is 812. The summed E-state index contributed by atoms with van der Waals surface area (Å²) in [6.07, 6.45) is 0.0313. The molecule has 1 heterocycles. The lowest BCUT2D eigenvalue weighted by molar-refractivity contribution is -0.117. The van der Waals surface area contributed by atoms with E-state index in [1.165, 1.54) is 0 Å². The minimum atomic E-state index is -0.0365. The number of nitrogens with one attached hydrogen (secondary N) is 1. The van der Waals surface area contributed by atoms with Gasteiger partial charge >= 0.3 is 0 Å². The molecule has 0 aromatic heterocycles. The molecule has 0 unspecified atom stereocenters. The molecular formula is C21H26BrN3O2. The zero-order valence-corrected chi connectivity index (χ0v) is 17.6. The highest BCUT2D eigenvalue weighted by Gasteiger charge is 2.25. The molecule has 5 nitrogen and oxygen atoms in total. The minimum Gasteiger partial charge on any atom is -0.485 e. The van der Waals surface area contributed by atoms with E-state index in [1.54, 1.807) is 0 Å². The van der Waals surface area contributed by atoms with E-state index in [2.05, 4.69) is 39.1 Å². The maximum Gasteiger partial charge on any atom is 0.238 e. The van der Waals surface area contributed by atoms with Crippen molar-refractivity contribution in [3.8, 4) is 5.75 Å². The van der Waals surface area contributed by atoms with Crippen molar-refractivity contribution in [2.24, 2.45) is 0 Å². The van der Waals surface area contributed by atoms with Gasteiger partial charge in [-0.15, -0.1) is 0 Å². The van der Waals surface area contributed by atoms with E-state index >= 15 is 0 Å². The van der Waals surface area contributed by atoms with E-state index in [1.807, 2.05) is 55.3 Å². The Labute approximate surface area is 169 Å². The van der Waals surface area contributed by atoms with Crippen LogP contribution in [0.3, 0.4) is 0 Å². The number of halogens is 1. The Balaban J connectivity index is 1.56. The number of fused-ring (bicyclic) bond motifs is 1. The summed E-state index contributed by atoms with van der Waals surface area (Å²) in [6.45, 7) is 6.93. The number of hydrogen-bond acceptors (Lipinski definition) is 4. The number of amides is 1. The van der Waals surface area contributed by atoms with Gasteiger partial charge in [-0.2, -0.15) is 0 Å². The molecule has 6 heteroatoms. The molecule has 0 saturated carbocycles. The van der Waals surface area contributed by atoms with E-state index in [9.17, 15) is 4.79 Å². The fourth-order valence-electron chi connectivity index (χ4n) is 3.34. The van der Waals surface area contributed by atoms with Gasteiger partial charge in [-0.3, -0.25) is 9.69 Å². The molecule has 2 aromatic rings. The molecule has 144 valence electrons. The first kappa shape index (κ1) is 19.7. The van der Waals surface area contributed by atoms with Crippen LogP contribution in [0.2, 0.25) is 0 Å². The molecule has 0 saturated heterocycles. The number of carbonyl (C=O) groups is 1. The number of ether oxygens (including phenoxy) is 1. The maximum atomic E-state index is 12.4. The standard InChI is InChI=1S/C21H26BrN3O2/c1-4-25-13-16(27-20-8-6-5-7-19(20)25)12-24(3)14-21(26)23-18-10-9-15(2)11-17(18)22/h5-11,16H,4,12-14H2,1-3H3,(H,23,26)/t16-/m0/s1. The summed E-state index contributed by atoms with van der Waals surface area (Å²) >= 11 is 3.50. The first-order valence-electron chi connectivity index (χ1n) is 9.21. The van der Waals surface area contributed by atoms with Crippen LogP contribution in [0.15, 0.2) is 46.9 Å². The van der Waals surface area contributed by atoms with Gasteiger partial charge in [-0.25, -0.2) is 0 Å². The van der Waals surface area contributed by atoms with E-state index in [0.717, 1.165) is 40.2 Å². The molecule has 1 aliphatic rings. The Morgan fingerprint density at radius 3 is 2.85 bits per heavy atom. The van der Waals surface area contributed by atoms with Crippen LogP contribution in [0.1, 0.15) is 12.5 Å². The highest BCUT2D eigenvalue weighted by Crippen LogP contribution is 2.32. The van der Waals surface area contributed by atoms with Crippen molar-refractivity contribution in [2.75, 3.05) is 43.4 Å². The summed E-state index contributed by atoms with van der Waals surface area (Å²) < 4.78 is 7.04. The molecule has 1 atom stereocenters. The minimum absolute atomic E-state index is 0.0313. The molecule has 0 aliphatic carbocycles. The first-order chi connectivity index (χ1) is 13.0. The lowest BCUT2D eigenvalue weighted by atomic mass is 10.2. The zero-order chi connectivity index (χ0) is 19.4. The normalized spacial score (nSPS) is 16.0. The van der Waals surface area contributed by atoms with Gasteiger partial charge in [0.2, 0.25) is 5.91 Å². The number of carbonyl (C=O) groups excluding carboxylic acids is 1. The van der Waals surface area contributed by atoms with Crippen molar-refractivity contribution < 1.29 is 9.53 Å². The molecule has 1 aliphatic heterocycles. The molecule has 1 N–H and O–H groups in total. The summed E-state index contributed by atoms with van der Waals surface area (Å²) in [5.41, 5.74) is 3.08. The molecule has 3 rings (SSSR count). The predicted octanol–water partition coefficient (Wildman–Crippen LogP) is 3.92. The Morgan fingerprint density at radius 1 is 1.33 bits per heavy atom. The fraction of sp³-hybridized carbons (Fsp3) is 0.381. The third-order valence-electron chi connectivity index (χ3n) is 4.63. The Morgan fingerprint density at radius 2 is 2.11 bits per heavy atom. The van der Waals surface area contributed by atoms with Crippen LogP contribution in [0, 0.1) is 6.92 Å². The largest absolute Gasteiger partial charge is 0.485 e. The van der Waals surface area contributed by atoms with Crippen molar-refractivity contribution in [3.05, 3.63) is 52.5 Å². The molecule has 0 spiro atoms. The molecular weight excluding hydrogens is 406 g/mol. The average molecular weight is 432 g/mol. The third kappa shape index (κ3) is 5.02. The number of hydrogen-bond donors (Lipinski definition) is 1. The second-order valence-corrected chi connectivity index (χ2v) is 7.83. The quantitative estimate of drug-likeness (QED) is 0.752. The molecule has 0 radical (unpaired) electrons. The Hall–Kier alpha value is -2.05. The summed E-state index contributed by atoms with van der Waals surface area (Å²) in [5.74, 6) is 0.877. The monoisotopic (exact) mass is 431 g/mol. The molecule has 1 amide bonds. The third-order valence-corrected chi connectivity index (χ3v) is 5.29. The van der Waals surface area contributed by atoms with Gasteiger partial charge in [0.05, 0.1) is 24.5 Å². The SMILES string of the molecule is CCN1C[C@H](CN(C)CC(=O)Nc2ccc(C)cc2Br)Oc2ccccc21. The zero-order valence-electron chi connectivity index (χ0n) is 16.0. The summed E-state index contributed by atoms with van der Waals surface area (Å²) in [5, 5.41) is 2.96.